The molecule has 0 radical (unpaired) electrons. The molecule has 1 aromatic rings. The predicted octanol–water partition coefficient (Wildman–Crippen LogP) is 4.44. The van der Waals surface area contributed by atoms with Gasteiger partial charge in [0.1, 0.15) is 0 Å². The predicted molar refractivity (Wildman–Crippen MR) is 91.3 cm³/mol. The van der Waals surface area contributed by atoms with Crippen LogP contribution in [-0.4, -0.2) is 13.1 Å². The lowest BCUT2D eigenvalue weighted by atomic mass is 9.75. The zero-order valence-corrected chi connectivity index (χ0v) is 13.6. The fourth-order valence-corrected chi connectivity index (χ4v) is 5.51. The fraction of sp³-hybridized carbons (Fsp3) is 0.444. The summed E-state index contributed by atoms with van der Waals surface area (Å²) in [4.78, 5) is 2.71. The van der Waals surface area contributed by atoms with E-state index < -0.39 is 0 Å². The van der Waals surface area contributed by atoms with Crippen molar-refractivity contribution in [2.75, 3.05) is 18.0 Å². The monoisotopic (exact) mass is 375 g/mol. The Hall–Kier alpha value is -0.770. The molecular weight excluding hydrogens is 357 g/mol. The highest BCUT2D eigenvalue weighted by molar-refractivity contribution is 14.1. The van der Waals surface area contributed by atoms with Gasteiger partial charge in [0.2, 0.25) is 0 Å². The van der Waals surface area contributed by atoms with Crippen LogP contribution in [0.25, 0.3) is 0 Å². The van der Waals surface area contributed by atoms with Crippen molar-refractivity contribution in [1.29, 1.82) is 0 Å². The minimum atomic E-state index is 0.677. The molecule has 1 nitrogen and oxygen atoms in total. The number of allylic oxidation sites excluding steroid dienone is 4. The molecule has 4 atom stereocenters. The van der Waals surface area contributed by atoms with E-state index >= 15 is 0 Å². The second-order valence-corrected chi connectivity index (χ2v) is 7.98. The molecule has 2 aliphatic carbocycles. The highest BCUT2D eigenvalue weighted by Gasteiger charge is 2.42. The number of hydrogen-bond acceptors (Lipinski definition) is 1. The molecule has 5 rings (SSSR count). The first-order chi connectivity index (χ1) is 9.81. The Bertz CT molecular complexity index is 594. The highest BCUT2D eigenvalue weighted by atomic mass is 127. The van der Waals surface area contributed by atoms with E-state index in [2.05, 4.69) is 63.9 Å². The Labute approximate surface area is 133 Å². The number of anilines is 1. The molecule has 0 aromatic heterocycles. The summed E-state index contributed by atoms with van der Waals surface area (Å²) in [7, 11) is 0. The maximum atomic E-state index is 2.71. The third-order valence-corrected chi connectivity index (χ3v) is 6.28. The highest BCUT2D eigenvalue weighted by Crippen LogP contribution is 2.53. The van der Waals surface area contributed by atoms with Crippen LogP contribution in [0.5, 0.6) is 0 Å². The van der Waals surface area contributed by atoms with Crippen LogP contribution in [0, 0.1) is 15.4 Å². The van der Waals surface area contributed by atoms with Crippen molar-refractivity contribution < 1.29 is 0 Å². The van der Waals surface area contributed by atoms with Gasteiger partial charge in [-0.3, -0.25) is 0 Å². The molecule has 2 aliphatic heterocycles. The number of fused-ring (bicyclic) bond motifs is 4. The Morgan fingerprint density at radius 3 is 2.00 bits per heavy atom. The minimum absolute atomic E-state index is 0.677. The van der Waals surface area contributed by atoms with Crippen LogP contribution in [-0.2, 0) is 0 Å². The van der Waals surface area contributed by atoms with Gasteiger partial charge in [0.15, 0.2) is 0 Å². The maximum Gasteiger partial charge on any atom is 0.0444 e. The van der Waals surface area contributed by atoms with Gasteiger partial charge < -0.3 is 4.90 Å². The molecule has 0 fully saturated rings. The van der Waals surface area contributed by atoms with Crippen molar-refractivity contribution in [3.63, 3.8) is 0 Å². The summed E-state index contributed by atoms with van der Waals surface area (Å²) >= 11 is 2.51. The average molecular weight is 375 g/mol. The second-order valence-electron chi connectivity index (χ2n) is 6.74. The first-order valence-electron chi connectivity index (χ1n) is 7.73. The van der Waals surface area contributed by atoms with Gasteiger partial charge in [0, 0.05) is 34.2 Å². The molecule has 2 heterocycles. The first kappa shape index (κ1) is 11.8. The van der Waals surface area contributed by atoms with Crippen molar-refractivity contribution in [1.82, 2.24) is 0 Å². The van der Waals surface area contributed by atoms with E-state index in [0.29, 0.717) is 11.8 Å². The van der Waals surface area contributed by atoms with Gasteiger partial charge in [-0.15, -0.1) is 0 Å². The Balaban J connectivity index is 1.76. The lowest BCUT2D eigenvalue weighted by Crippen LogP contribution is -2.43. The molecule has 0 amide bonds. The van der Waals surface area contributed by atoms with Crippen molar-refractivity contribution in [2.45, 2.75) is 24.7 Å². The third-order valence-electron chi connectivity index (χ3n) is 5.66. The SMILES string of the molecule is Ic1cc2c3c(c1)C1C=CCC1CN3CC1CC=CC21. The molecule has 0 saturated heterocycles. The van der Waals surface area contributed by atoms with E-state index in [1.165, 1.54) is 29.5 Å². The van der Waals surface area contributed by atoms with Crippen LogP contribution in [0.1, 0.15) is 35.8 Å². The van der Waals surface area contributed by atoms with Crippen molar-refractivity contribution in [3.8, 4) is 0 Å². The Morgan fingerprint density at radius 2 is 1.45 bits per heavy atom. The van der Waals surface area contributed by atoms with Gasteiger partial charge >= 0.3 is 0 Å². The molecule has 2 heteroatoms. The number of halogens is 1. The van der Waals surface area contributed by atoms with Crippen molar-refractivity contribution in [3.05, 3.63) is 51.1 Å². The van der Waals surface area contributed by atoms with Gasteiger partial charge in [-0.05, 0) is 70.5 Å². The van der Waals surface area contributed by atoms with Crippen molar-refractivity contribution in [2.24, 2.45) is 11.8 Å². The minimum Gasteiger partial charge on any atom is -0.370 e. The van der Waals surface area contributed by atoms with E-state index in [1.54, 1.807) is 16.8 Å². The maximum absolute atomic E-state index is 2.71. The molecular formula is C18H18IN. The van der Waals surface area contributed by atoms with E-state index in [1.807, 2.05) is 0 Å². The van der Waals surface area contributed by atoms with Crippen LogP contribution >= 0.6 is 22.6 Å². The van der Waals surface area contributed by atoms with Gasteiger partial charge in [0.25, 0.3) is 0 Å². The zero-order chi connectivity index (χ0) is 13.3. The molecule has 0 N–H and O–H groups in total. The molecule has 102 valence electrons. The van der Waals surface area contributed by atoms with Gasteiger partial charge in [-0.2, -0.15) is 0 Å². The topological polar surface area (TPSA) is 3.24 Å². The second kappa shape index (κ2) is 4.12. The summed E-state index contributed by atoms with van der Waals surface area (Å²) in [5.41, 5.74) is 4.80. The molecule has 0 bridgehead atoms. The lowest BCUT2D eigenvalue weighted by Gasteiger charge is -2.46. The molecule has 0 saturated carbocycles. The molecule has 0 spiro atoms. The van der Waals surface area contributed by atoms with Gasteiger partial charge in [-0.1, -0.05) is 24.3 Å². The number of nitrogens with zero attached hydrogens (tertiary/aromatic N) is 1. The summed E-state index contributed by atoms with van der Waals surface area (Å²) in [6.45, 7) is 2.53. The average Bonchev–Trinajstić information content (AvgIpc) is 3.06. The van der Waals surface area contributed by atoms with Crippen LogP contribution in [0.3, 0.4) is 0 Å². The molecule has 4 unspecified atom stereocenters. The van der Waals surface area contributed by atoms with Crippen LogP contribution < -0.4 is 4.90 Å². The molecule has 1 aromatic carbocycles. The summed E-state index contributed by atoms with van der Waals surface area (Å²) in [5.74, 6) is 2.99. The normalized spacial score (nSPS) is 36.0. The lowest BCUT2D eigenvalue weighted by molar-refractivity contribution is 0.410. The van der Waals surface area contributed by atoms with Crippen LogP contribution in [0.4, 0.5) is 5.69 Å². The van der Waals surface area contributed by atoms with E-state index in [0.717, 1.165) is 11.8 Å². The third kappa shape index (κ3) is 1.49. The molecule has 4 aliphatic rings. The summed E-state index contributed by atoms with van der Waals surface area (Å²) < 4.78 is 1.42. The Kier molecular flexibility index (Phi) is 2.44. The zero-order valence-electron chi connectivity index (χ0n) is 11.4. The van der Waals surface area contributed by atoms with E-state index in [4.69, 9.17) is 0 Å². The van der Waals surface area contributed by atoms with Crippen LogP contribution in [0.2, 0.25) is 0 Å². The quantitative estimate of drug-likeness (QED) is 0.479. The summed E-state index contributed by atoms with van der Waals surface area (Å²) in [6, 6.07) is 4.88. The van der Waals surface area contributed by atoms with Gasteiger partial charge in [-0.25, -0.2) is 0 Å². The standard InChI is InChI=1S/C18H18IN/c19-13-7-16-14-5-1-3-11(14)9-20-10-12-4-2-6-15(12)17(8-13)18(16)20/h1-2,5-8,11-12,14-15H,3-4,9-10H2. The largest absolute Gasteiger partial charge is 0.370 e. The van der Waals surface area contributed by atoms with Gasteiger partial charge in [0.05, 0.1) is 0 Å². The van der Waals surface area contributed by atoms with E-state index in [-0.39, 0.29) is 0 Å². The number of hydrogen-bond donors (Lipinski definition) is 0. The summed E-state index contributed by atoms with van der Waals surface area (Å²) in [6.07, 6.45) is 12.3. The Morgan fingerprint density at radius 1 is 0.900 bits per heavy atom. The summed E-state index contributed by atoms with van der Waals surface area (Å²) in [5, 5.41) is 0. The first-order valence-corrected chi connectivity index (χ1v) is 8.81. The fourth-order valence-electron chi connectivity index (χ4n) is 4.84. The molecule has 20 heavy (non-hydrogen) atoms. The number of rotatable bonds is 0. The van der Waals surface area contributed by atoms with Crippen molar-refractivity contribution >= 4 is 28.3 Å². The van der Waals surface area contributed by atoms with E-state index in [9.17, 15) is 0 Å². The van der Waals surface area contributed by atoms with Crippen LogP contribution in [0.15, 0.2) is 36.4 Å². The smallest absolute Gasteiger partial charge is 0.0444 e. The number of benzene rings is 1.